The van der Waals surface area contributed by atoms with Crippen LogP contribution in [0.25, 0.3) is 0 Å². The minimum absolute atomic E-state index is 0.105. The number of pyridine rings is 1. The molecule has 0 saturated carbocycles. The van der Waals surface area contributed by atoms with E-state index in [1.807, 2.05) is 12.1 Å². The van der Waals surface area contributed by atoms with E-state index in [1.165, 1.54) is 18.3 Å². The summed E-state index contributed by atoms with van der Waals surface area (Å²) in [6, 6.07) is 9.98. The van der Waals surface area contributed by atoms with Crippen molar-refractivity contribution in [3.63, 3.8) is 0 Å². The fourth-order valence-electron chi connectivity index (χ4n) is 1.62. The summed E-state index contributed by atoms with van der Waals surface area (Å²) in [6.07, 6.45) is 1.94. The molecule has 106 valence electrons. The van der Waals surface area contributed by atoms with Crippen LogP contribution in [0.4, 0.5) is 0 Å². The first-order valence-corrected chi connectivity index (χ1v) is 8.07. The highest BCUT2D eigenvalue weighted by molar-refractivity contribution is 7.89. The summed E-state index contributed by atoms with van der Waals surface area (Å²) in [5, 5.41) is 0.798. The molecular formula is C13H12Cl2N2O2S. The Bertz CT molecular complexity index is 688. The molecule has 0 unspecified atom stereocenters. The summed E-state index contributed by atoms with van der Waals surface area (Å²) in [5.41, 5.74) is 1.00. The van der Waals surface area contributed by atoms with Gasteiger partial charge in [-0.2, -0.15) is 0 Å². The zero-order valence-corrected chi connectivity index (χ0v) is 12.7. The molecule has 1 heterocycles. The number of aromatic nitrogens is 1. The van der Waals surface area contributed by atoms with Gasteiger partial charge in [-0.05, 0) is 36.2 Å². The zero-order chi connectivity index (χ0) is 14.6. The molecule has 0 atom stereocenters. The summed E-state index contributed by atoms with van der Waals surface area (Å²) < 4.78 is 26.5. The van der Waals surface area contributed by atoms with Gasteiger partial charge >= 0.3 is 0 Å². The van der Waals surface area contributed by atoms with E-state index in [9.17, 15) is 8.42 Å². The molecule has 0 aliphatic carbocycles. The van der Waals surface area contributed by atoms with Gasteiger partial charge in [0.1, 0.15) is 5.15 Å². The van der Waals surface area contributed by atoms with Gasteiger partial charge in [-0.25, -0.2) is 18.1 Å². The number of nitrogens with one attached hydrogen (secondary N) is 1. The topological polar surface area (TPSA) is 59.1 Å². The summed E-state index contributed by atoms with van der Waals surface area (Å²) in [5.74, 6) is 0. The minimum Gasteiger partial charge on any atom is -0.244 e. The van der Waals surface area contributed by atoms with Crippen LogP contribution < -0.4 is 4.72 Å². The van der Waals surface area contributed by atoms with Crippen LogP contribution in [0.15, 0.2) is 47.5 Å². The lowest BCUT2D eigenvalue weighted by Gasteiger charge is -2.07. The van der Waals surface area contributed by atoms with Crippen molar-refractivity contribution < 1.29 is 8.42 Å². The fourth-order valence-corrected chi connectivity index (χ4v) is 3.02. The molecule has 7 heteroatoms. The smallest absolute Gasteiger partial charge is 0.240 e. The highest BCUT2D eigenvalue weighted by atomic mass is 35.5. The Morgan fingerprint density at radius 3 is 2.45 bits per heavy atom. The van der Waals surface area contributed by atoms with Crippen molar-refractivity contribution in [1.82, 2.24) is 9.71 Å². The van der Waals surface area contributed by atoms with Crippen molar-refractivity contribution in [1.29, 1.82) is 0 Å². The van der Waals surface area contributed by atoms with Crippen LogP contribution in [0.3, 0.4) is 0 Å². The molecule has 0 fully saturated rings. The van der Waals surface area contributed by atoms with Gasteiger partial charge in [-0.1, -0.05) is 35.3 Å². The highest BCUT2D eigenvalue weighted by Gasteiger charge is 2.13. The average molecular weight is 331 g/mol. The Kier molecular flexibility index (Phi) is 4.99. The second-order valence-corrected chi connectivity index (χ2v) is 6.68. The van der Waals surface area contributed by atoms with Crippen molar-refractivity contribution in [2.75, 3.05) is 6.54 Å². The quantitative estimate of drug-likeness (QED) is 0.857. The Morgan fingerprint density at radius 1 is 1.10 bits per heavy atom. The third-order valence-corrected chi connectivity index (χ3v) is 4.54. The number of halogens is 2. The van der Waals surface area contributed by atoms with Crippen molar-refractivity contribution >= 4 is 33.2 Å². The molecule has 4 nitrogen and oxygen atoms in total. The number of nitrogens with zero attached hydrogens (tertiary/aromatic N) is 1. The number of sulfonamides is 1. The van der Waals surface area contributed by atoms with Crippen LogP contribution in [-0.2, 0) is 16.4 Å². The van der Waals surface area contributed by atoms with E-state index in [0.717, 1.165) is 5.56 Å². The molecule has 2 aromatic rings. The van der Waals surface area contributed by atoms with Crippen LogP contribution in [0, 0.1) is 0 Å². The molecule has 0 bridgehead atoms. The first-order valence-electron chi connectivity index (χ1n) is 5.83. The zero-order valence-electron chi connectivity index (χ0n) is 10.4. The fraction of sp³-hybridized carbons (Fsp3) is 0.154. The molecule has 2 rings (SSSR count). The first-order chi connectivity index (χ1) is 9.47. The van der Waals surface area contributed by atoms with Crippen molar-refractivity contribution in [2.24, 2.45) is 0 Å². The predicted octanol–water partition coefficient (Wildman–Crippen LogP) is 2.91. The molecule has 0 amide bonds. The van der Waals surface area contributed by atoms with Gasteiger partial charge in [0.2, 0.25) is 10.0 Å². The van der Waals surface area contributed by atoms with Gasteiger partial charge in [0.25, 0.3) is 0 Å². The standard InChI is InChI=1S/C13H12Cl2N2O2S/c14-11-3-1-10(2-4-11)5-8-17-20(18,19)12-6-7-16-13(15)9-12/h1-4,6-7,9,17H,5,8H2. The van der Waals surface area contributed by atoms with E-state index in [1.54, 1.807) is 12.1 Å². The van der Waals surface area contributed by atoms with E-state index < -0.39 is 10.0 Å². The first kappa shape index (κ1) is 15.3. The Labute approximate surface area is 127 Å². The lowest BCUT2D eigenvalue weighted by atomic mass is 10.2. The third kappa shape index (κ3) is 4.18. The maximum absolute atomic E-state index is 12.0. The summed E-state index contributed by atoms with van der Waals surface area (Å²) >= 11 is 11.5. The van der Waals surface area contributed by atoms with E-state index in [2.05, 4.69) is 9.71 Å². The maximum atomic E-state index is 12.0. The largest absolute Gasteiger partial charge is 0.244 e. The molecule has 0 radical (unpaired) electrons. The van der Waals surface area contributed by atoms with E-state index in [-0.39, 0.29) is 10.0 Å². The number of hydrogen-bond donors (Lipinski definition) is 1. The lowest BCUT2D eigenvalue weighted by Crippen LogP contribution is -2.26. The molecular weight excluding hydrogens is 319 g/mol. The maximum Gasteiger partial charge on any atom is 0.240 e. The molecule has 20 heavy (non-hydrogen) atoms. The van der Waals surface area contributed by atoms with Gasteiger partial charge in [-0.3, -0.25) is 0 Å². The number of benzene rings is 1. The van der Waals surface area contributed by atoms with Crippen molar-refractivity contribution in [2.45, 2.75) is 11.3 Å². The second-order valence-electron chi connectivity index (χ2n) is 4.09. The normalized spacial score (nSPS) is 11.5. The van der Waals surface area contributed by atoms with E-state index >= 15 is 0 Å². The highest BCUT2D eigenvalue weighted by Crippen LogP contribution is 2.13. The third-order valence-electron chi connectivity index (χ3n) is 2.63. The van der Waals surface area contributed by atoms with Gasteiger partial charge in [0.05, 0.1) is 4.90 Å². The monoisotopic (exact) mass is 330 g/mol. The van der Waals surface area contributed by atoms with Crippen LogP contribution in [0.2, 0.25) is 10.2 Å². The molecule has 0 aliphatic heterocycles. The Morgan fingerprint density at radius 2 is 1.80 bits per heavy atom. The van der Waals surface area contributed by atoms with Gasteiger partial charge in [-0.15, -0.1) is 0 Å². The summed E-state index contributed by atoms with van der Waals surface area (Å²) in [4.78, 5) is 3.86. The van der Waals surface area contributed by atoms with Crippen LogP contribution in [0.5, 0.6) is 0 Å². The number of hydrogen-bond acceptors (Lipinski definition) is 3. The predicted molar refractivity (Wildman–Crippen MR) is 79.6 cm³/mol. The minimum atomic E-state index is -3.56. The average Bonchev–Trinajstić information content (AvgIpc) is 2.41. The van der Waals surface area contributed by atoms with Crippen LogP contribution >= 0.6 is 23.2 Å². The van der Waals surface area contributed by atoms with Crippen molar-refractivity contribution in [3.8, 4) is 0 Å². The van der Waals surface area contributed by atoms with Crippen LogP contribution in [-0.4, -0.2) is 19.9 Å². The van der Waals surface area contributed by atoms with Crippen molar-refractivity contribution in [3.05, 3.63) is 58.3 Å². The summed E-state index contributed by atoms with van der Waals surface area (Å²) in [6.45, 7) is 0.296. The number of rotatable bonds is 5. The Balaban J connectivity index is 1.98. The van der Waals surface area contributed by atoms with Gasteiger partial charge < -0.3 is 0 Å². The second kappa shape index (κ2) is 6.54. The molecule has 0 aliphatic rings. The van der Waals surface area contributed by atoms with E-state index in [4.69, 9.17) is 23.2 Å². The SMILES string of the molecule is O=S(=O)(NCCc1ccc(Cl)cc1)c1ccnc(Cl)c1. The van der Waals surface area contributed by atoms with E-state index in [0.29, 0.717) is 18.0 Å². The summed E-state index contributed by atoms with van der Waals surface area (Å²) in [7, 11) is -3.56. The Hall–Kier alpha value is -1.14. The molecule has 0 saturated heterocycles. The lowest BCUT2D eigenvalue weighted by molar-refractivity contribution is 0.581. The van der Waals surface area contributed by atoms with Gasteiger partial charge in [0.15, 0.2) is 0 Å². The molecule has 1 aromatic carbocycles. The molecule has 1 N–H and O–H groups in total. The molecule has 0 spiro atoms. The molecule has 1 aromatic heterocycles. The van der Waals surface area contributed by atoms with Gasteiger partial charge in [0, 0.05) is 17.8 Å². The van der Waals surface area contributed by atoms with Crippen LogP contribution in [0.1, 0.15) is 5.56 Å².